The van der Waals surface area contributed by atoms with Gasteiger partial charge in [0.25, 0.3) is 0 Å². The molecule has 1 fully saturated rings. The lowest BCUT2D eigenvalue weighted by molar-refractivity contribution is -0.137. The molecule has 0 saturated carbocycles. The van der Waals surface area contributed by atoms with Gasteiger partial charge in [0.1, 0.15) is 0 Å². The molecule has 16 heavy (non-hydrogen) atoms. The summed E-state index contributed by atoms with van der Waals surface area (Å²) in [4.78, 5) is 12.1. The molecule has 0 aromatic heterocycles. The molecule has 0 aliphatic carbocycles. The molecule has 1 aliphatic heterocycles. The number of rotatable bonds is 5. The molecular formula is C11H22N2O3. The maximum atomic E-state index is 12.1. The molecule has 1 saturated heterocycles. The molecule has 5 nitrogen and oxygen atoms in total. The number of ether oxygens (including phenoxy) is 1. The lowest BCUT2D eigenvalue weighted by Gasteiger charge is -2.35. The first-order chi connectivity index (χ1) is 7.68. The number of amides is 1. The summed E-state index contributed by atoms with van der Waals surface area (Å²) in [5.74, 6) is -0.0424. The molecule has 94 valence electrons. The molecule has 1 atom stereocenters. The van der Waals surface area contributed by atoms with Gasteiger partial charge in [-0.2, -0.15) is 0 Å². The summed E-state index contributed by atoms with van der Waals surface area (Å²) in [6.45, 7) is 3.41. The highest BCUT2D eigenvalue weighted by atomic mass is 16.5. The first kappa shape index (κ1) is 13.4. The van der Waals surface area contributed by atoms with Crippen molar-refractivity contribution in [2.24, 2.45) is 11.1 Å². The maximum Gasteiger partial charge on any atom is 0.227 e. The lowest BCUT2D eigenvalue weighted by Crippen LogP contribution is -2.52. The fourth-order valence-electron chi connectivity index (χ4n) is 1.90. The van der Waals surface area contributed by atoms with Gasteiger partial charge in [-0.25, -0.2) is 0 Å². The Kier molecular flexibility index (Phi) is 5.18. The zero-order valence-electron chi connectivity index (χ0n) is 9.87. The predicted octanol–water partition coefficient (Wildman–Crippen LogP) is -0.371. The van der Waals surface area contributed by atoms with Crippen LogP contribution in [-0.4, -0.2) is 43.4 Å². The van der Waals surface area contributed by atoms with Gasteiger partial charge in [0.15, 0.2) is 0 Å². The molecule has 0 bridgehead atoms. The quantitative estimate of drug-likeness (QED) is 0.601. The monoisotopic (exact) mass is 230 g/mol. The minimum Gasteiger partial charge on any atom is -0.394 e. The highest BCUT2D eigenvalue weighted by Gasteiger charge is 2.39. The van der Waals surface area contributed by atoms with E-state index in [0.717, 1.165) is 6.42 Å². The summed E-state index contributed by atoms with van der Waals surface area (Å²) in [5.41, 5.74) is 5.22. The first-order valence-corrected chi connectivity index (χ1v) is 5.88. The number of nitrogens with two attached hydrogens (primary N) is 1. The van der Waals surface area contributed by atoms with Crippen LogP contribution < -0.4 is 11.1 Å². The van der Waals surface area contributed by atoms with Crippen LogP contribution in [0, 0.1) is 5.41 Å². The summed E-state index contributed by atoms with van der Waals surface area (Å²) < 4.78 is 5.25. The molecule has 0 spiro atoms. The van der Waals surface area contributed by atoms with E-state index in [1.54, 1.807) is 0 Å². The van der Waals surface area contributed by atoms with E-state index in [4.69, 9.17) is 15.6 Å². The summed E-state index contributed by atoms with van der Waals surface area (Å²) in [6, 6.07) is -0.168. The summed E-state index contributed by atoms with van der Waals surface area (Å²) in [7, 11) is 0. The standard InChI is InChI=1S/C11H22N2O3/c1-2-9(7-14)13-10(15)11(8-12)3-5-16-6-4-11/h9,14H,2-8,12H2,1H3,(H,13,15)/t9-/m1/s1. The van der Waals surface area contributed by atoms with Crippen molar-refractivity contribution in [2.45, 2.75) is 32.2 Å². The molecule has 0 radical (unpaired) electrons. The largest absolute Gasteiger partial charge is 0.394 e. The Balaban J connectivity index is 2.61. The number of hydrogen-bond donors (Lipinski definition) is 3. The summed E-state index contributed by atoms with van der Waals surface area (Å²) in [5, 5.41) is 11.9. The Bertz CT molecular complexity index is 223. The van der Waals surface area contributed by atoms with Crippen molar-refractivity contribution in [1.29, 1.82) is 0 Å². The van der Waals surface area contributed by atoms with Crippen molar-refractivity contribution in [2.75, 3.05) is 26.4 Å². The Hall–Kier alpha value is -0.650. The minimum absolute atomic E-state index is 0.0284. The molecule has 0 unspecified atom stereocenters. The van der Waals surface area contributed by atoms with Gasteiger partial charge in [0.05, 0.1) is 18.1 Å². The van der Waals surface area contributed by atoms with Gasteiger partial charge in [-0.05, 0) is 19.3 Å². The Morgan fingerprint density at radius 1 is 1.56 bits per heavy atom. The van der Waals surface area contributed by atoms with Gasteiger partial charge in [-0.3, -0.25) is 4.79 Å². The third-order valence-corrected chi connectivity index (χ3v) is 3.37. The number of carbonyl (C=O) groups is 1. The van der Waals surface area contributed by atoms with Crippen LogP contribution in [0.3, 0.4) is 0 Å². The van der Waals surface area contributed by atoms with Crippen LogP contribution in [0.25, 0.3) is 0 Å². The molecule has 1 heterocycles. The number of hydrogen-bond acceptors (Lipinski definition) is 4. The Morgan fingerprint density at radius 3 is 2.62 bits per heavy atom. The van der Waals surface area contributed by atoms with E-state index in [-0.39, 0.29) is 18.6 Å². The molecule has 1 rings (SSSR count). The van der Waals surface area contributed by atoms with E-state index in [1.165, 1.54) is 0 Å². The fraction of sp³-hybridized carbons (Fsp3) is 0.909. The van der Waals surface area contributed by atoms with E-state index in [0.29, 0.717) is 32.6 Å². The number of aliphatic hydroxyl groups excluding tert-OH is 1. The molecule has 5 heteroatoms. The zero-order valence-corrected chi connectivity index (χ0v) is 9.87. The van der Waals surface area contributed by atoms with Gasteiger partial charge < -0.3 is 20.9 Å². The van der Waals surface area contributed by atoms with E-state index in [9.17, 15) is 4.79 Å². The van der Waals surface area contributed by atoms with E-state index < -0.39 is 5.41 Å². The van der Waals surface area contributed by atoms with Crippen molar-refractivity contribution < 1.29 is 14.6 Å². The van der Waals surface area contributed by atoms with Gasteiger partial charge in [0, 0.05) is 19.8 Å². The lowest BCUT2D eigenvalue weighted by atomic mass is 9.79. The van der Waals surface area contributed by atoms with Crippen molar-refractivity contribution >= 4 is 5.91 Å². The smallest absolute Gasteiger partial charge is 0.227 e. The van der Waals surface area contributed by atoms with Crippen LogP contribution in [0.1, 0.15) is 26.2 Å². The number of carbonyl (C=O) groups excluding carboxylic acids is 1. The van der Waals surface area contributed by atoms with Crippen LogP contribution in [-0.2, 0) is 9.53 Å². The fourth-order valence-corrected chi connectivity index (χ4v) is 1.90. The maximum absolute atomic E-state index is 12.1. The Morgan fingerprint density at radius 2 is 2.19 bits per heavy atom. The molecule has 4 N–H and O–H groups in total. The molecular weight excluding hydrogens is 208 g/mol. The summed E-state index contributed by atoms with van der Waals surface area (Å²) in [6.07, 6.45) is 2.05. The average Bonchev–Trinajstić information content (AvgIpc) is 2.36. The normalized spacial score (nSPS) is 21.4. The third kappa shape index (κ3) is 2.93. The third-order valence-electron chi connectivity index (χ3n) is 3.37. The first-order valence-electron chi connectivity index (χ1n) is 5.88. The highest BCUT2D eigenvalue weighted by molar-refractivity contribution is 5.83. The van der Waals surface area contributed by atoms with Crippen molar-refractivity contribution in [3.63, 3.8) is 0 Å². The van der Waals surface area contributed by atoms with Crippen LogP contribution in [0.15, 0.2) is 0 Å². The van der Waals surface area contributed by atoms with Crippen LogP contribution in [0.5, 0.6) is 0 Å². The summed E-state index contributed by atoms with van der Waals surface area (Å²) >= 11 is 0. The number of nitrogens with one attached hydrogen (secondary N) is 1. The molecule has 0 aromatic rings. The topological polar surface area (TPSA) is 84.6 Å². The van der Waals surface area contributed by atoms with Gasteiger partial charge >= 0.3 is 0 Å². The second-order valence-corrected chi connectivity index (χ2v) is 4.36. The van der Waals surface area contributed by atoms with Gasteiger partial charge in [0.2, 0.25) is 5.91 Å². The van der Waals surface area contributed by atoms with Crippen molar-refractivity contribution in [3.8, 4) is 0 Å². The van der Waals surface area contributed by atoms with Crippen LogP contribution >= 0.6 is 0 Å². The van der Waals surface area contributed by atoms with Crippen molar-refractivity contribution in [1.82, 2.24) is 5.32 Å². The van der Waals surface area contributed by atoms with E-state index in [2.05, 4.69) is 5.32 Å². The second kappa shape index (κ2) is 6.18. The van der Waals surface area contributed by atoms with Gasteiger partial charge in [-0.15, -0.1) is 0 Å². The molecule has 1 amide bonds. The highest BCUT2D eigenvalue weighted by Crippen LogP contribution is 2.29. The SMILES string of the molecule is CC[C@H](CO)NC(=O)C1(CN)CCOCC1. The van der Waals surface area contributed by atoms with E-state index >= 15 is 0 Å². The van der Waals surface area contributed by atoms with Crippen molar-refractivity contribution in [3.05, 3.63) is 0 Å². The van der Waals surface area contributed by atoms with E-state index in [1.807, 2.05) is 6.92 Å². The minimum atomic E-state index is -0.499. The second-order valence-electron chi connectivity index (χ2n) is 4.36. The number of aliphatic hydroxyl groups is 1. The Labute approximate surface area is 96.3 Å². The molecule has 0 aromatic carbocycles. The zero-order chi connectivity index (χ0) is 12.0. The van der Waals surface area contributed by atoms with Crippen LogP contribution in [0.2, 0.25) is 0 Å². The molecule has 1 aliphatic rings. The average molecular weight is 230 g/mol. The van der Waals surface area contributed by atoms with Gasteiger partial charge in [-0.1, -0.05) is 6.92 Å². The predicted molar refractivity (Wildman–Crippen MR) is 60.8 cm³/mol. The van der Waals surface area contributed by atoms with Crippen LogP contribution in [0.4, 0.5) is 0 Å².